The maximum absolute atomic E-state index is 13.9. The number of hydrogen-bond acceptors (Lipinski definition) is 5. The summed E-state index contributed by atoms with van der Waals surface area (Å²) in [5, 5.41) is 2.82. The third kappa shape index (κ3) is 3.65. The second kappa shape index (κ2) is 8.22. The van der Waals surface area contributed by atoms with E-state index < -0.39 is 5.60 Å². The number of halogens is 1. The van der Waals surface area contributed by atoms with Gasteiger partial charge in [-0.2, -0.15) is 0 Å². The average Bonchev–Trinajstić information content (AvgIpc) is 3.27. The van der Waals surface area contributed by atoms with Crippen LogP contribution in [-0.2, 0) is 19.9 Å². The quantitative estimate of drug-likeness (QED) is 0.715. The first kappa shape index (κ1) is 21.0. The molecule has 5 rings (SSSR count). The highest BCUT2D eigenvalue weighted by molar-refractivity contribution is 6.36. The Balaban J connectivity index is 1.46. The van der Waals surface area contributed by atoms with Gasteiger partial charge in [-0.1, -0.05) is 6.92 Å². The van der Waals surface area contributed by atoms with Crippen molar-refractivity contribution < 1.29 is 23.4 Å². The van der Waals surface area contributed by atoms with E-state index in [0.29, 0.717) is 35.6 Å². The van der Waals surface area contributed by atoms with Crippen molar-refractivity contribution in [3.05, 3.63) is 58.9 Å². The number of hydrogen-bond donors (Lipinski definition) is 1. The van der Waals surface area contributed by atoms with E-state index in [1.807, 2.05) is 32.0 Å². The van der Waals surface area contributed by atoms with Crippen LogP contribution < -0.4 is 10.1 Å². The van der Waals surface area contributed by atoms with E-state index in [2.05, 4.69) is 10.2 Å². The molecule has 0 aliphatic carbocycles. The lowest BCUT2D eigenvalue weighted by atomic mass is 9.90. The largest absolute Gasteiger partial charge is 0.492 e. The van der Waals surface area contributed by atoms with Gasteiger partial charge in [-0.3, -0.25) is 9.69 Å². The Bertz CT molecular complexity index is 1090. The van der Waals surface area contributed by atoms with E-state index in [1.54, 1.807) is 6.07 Å². The molecule has 1 unspecified atom stereocenters. The lowest BCUT2D eigenvalue weighted by molar-refractivity contribution is -0.110. The number of rotatable bonds is 5. The first-order valence-corrected chi connectivity index (χ1v) is 11.1. The fraction of sp³-hybridized carbons (Fsp3) is 0.400. The lowest BCUT2D eigenvalue weighted by Gasteiger charge is -2.26. The van der Waals surface area contributed by atoms with Gasteiger partial charge in [0.05, 0.1) is 18.8 Å². The minimum Gasteiger partial charge on any atom is -0.492 e. The summed E-state index contributed by atoms with van der Waals surface area (Å²) in [5.41, 5.74) is 2.72. The zero-order valence-corrected chi connectivity index (χ0v) is 18.4. The van der Waals surface area contributed by atoms with Crippen LogP contribution in [0.5, 0.6) is 5.75 Å². The Kier molecular flexibility index (Phi) is 5.39. The molecule has 3 aliphatic heterocycles. The van der Waals surface area contributed by atoms with E-state index in [-0.39, 0.29) is 11.7 Å². The third-order valence-corrected chi connectivity index (χ3v) is 6.54. The highest BCUT2D eigenvalue weighted by Crippen LogP contribution is 2.50. The maximum Gasteiger partial charge on any atom is 0.260 e. The van der Waals surface area contributed by atoms with E-state index in [4.69, 9.17) is 14.2 Å². The summed E-state index contributed by atoms with van der Waals surface area (Å²) in [7, 11) is 0. The number of amides is 1. The Morgan fingerprint density at radius 3 is 2.75 bits per heavy atom. The van der Waals surface area contributed by atoms with Gasteiger partial charge < -0.3 is 19.5 Å². The predicted octanol–water partition coefficient (Wildman–Crippen LogP) is 4.01. The number of benzene rings is 2. The molecule has 1 amide bonds. The van der Waals surface area contributed by atoms with E-state index >= 15 is 0 Å². The minimum absolute atomic E-state index is 0.280. The van der Waals surface area contributed by atoms with Crippen molar-refractivity contribution in [2.45, 2.75) is 25.9 Å². The maximum atomic E-state index is 13.9. The molecule has 0 radical (unpaired) electrons. The summed E-state index contributed by atoms with van der Waals surface area (Å²) in [6.07, 6.45) is 0.714. The summed E-state index contributed by atoms with van der Waals surface area (Å²) in [6.45, 7) is 8.88. The summed E-state index contributed by atoms with van der Waals surface area (Å²) in [5.74, 6) is 0.594. The first-order valence-electron chi connectivity index (χ1n) is 11.1. The summed E-state index contributed by atoms with van der Waals surface area (Å²) in [4.78, 5) is 15.1. The molecule has 3 heterocycles. The van der Waals surface area contributed by atoms with Gasteiger partial charge >= 0.3 is 0 Å². The summed E-state index contributed by atoms with van der Waals surface area (Å²) >= 11 is 0. The number of morpholine rings is 1. The molecule has 1 fully saturated rings. The monoisotopic (exact) mass is 438 g/mol. The average molecular weight is 438 g/mol. The summed E-state index contributed by atoms with van der Waals surface area (Å²) in [6, 6.07) is 10.1. The predicted molar refractivity (Wildman–Crippen MR) is 120 cm³/mol. The molecule has 0 aromatic heterocycles. The van der Waals surface area contributed by atoms with Crippen LogP contribution in [0.2, 0.25) is 0 Å². The molecule has 2 aromatic rings. The third-order valence-electron chi connectivity index (χ3n) is 6.54. The molecule has 3 aliphatic rings. The number of nitrogens with one attached hydrogen (secondary N) is 1. The van der Waals surface area contributed by atoms with Crippen LogP contribution in [0.25, 0.3) is 11.3 Å². The number of nitrogens with zero attached hydrogens (tertiary/aromatic N) is 1. The van der Waals surface area contributed by atoms with Crippen molar-refractivity contribution in [1.29, 1.82) is 0 Å². The molecule has 6 nitrogen and oxygen atoms in total. The first-order chi connectivity index (χ1) is 15.5. The van der Waals surface area contributed by atoms with Gasteiger partial charge in [-0.15, -0.1) is 0 Å². The van der Waals surface area contributed by atoms with Gasteiger partial charge in [0, 0.05) is 42.0 Å². The van der Waals surface area contributed by atoms with Gasteiger partial charge in [0.15, 0.2) is 0 Å². The number of ether oxygens (including phenoxy) is 3. The fourth-order valence-corrected chi connectivity index (χ4v) is 4.51. The summed E-state index contributed by atoms with van der Waals surface area (Å²) < 4.78 is 31.8. The smallest absolute Gasteiger partial charge is 0.260 e. The van der Waals surface area contributed by atoms with Crippen LogP contribution in [0, 0.1) is 5.82 Å². The Labute approximate surface area is 187 Å². The second-order valence-corrected chi connectivity index (χ2v) is 8.54. The molecule has 32 heavy (non-hydrogen) atoms. The van der Waals surface area contributed by atoms with E-state index in [9.17, 15) is 9.18 Å². The van der Waals surface area contributed by atoms with Crippen molar-refractivity contribution in [2.75, 3.05) is 44.8 Å². The van der Waals surface area contributed by atoms with Gasteiger partial charge in [-0.05, 0) is 49.7 Å². The highest BCUT2D eigenvalue weighted by atomic mass is 19.1. The van der Waals surface area contributed by atoms with Gasteiger partial charge in [0.2, 0.25) is 0 Å². The zero-order chi connectivity index (χ0) is 22.3. The van der Waals surface area contributed by atoms with Gasteiger partial charge in [0.1, 0.15) is 29.5 Å². The van der Waals surface area contributed by atoms with Crippen LogP contribution in [0.15, 0.2) is 36.4 Å². The van der Waals surface area contributed by atoms with Crippen molar-refractivity contribution >= 4 is 22.9 Å². The molecule has 0 spiro atoms. The number of anilines is 1. The molecular weight excluding hydrogens is 411 g/mol. The van der Waals surface area contributed by atoms with Crippen LogP contribution in [0.1, 0.15) is 37.0 Å². The highest BCUT2D eigenvalue weighted by Gasteiger charge is 2.42. The number of fused-ring (bicyclic) bond motifs is 2. The Morgan fingerprint density at radius 2 is 1.97 bits per heavy atom. The molecule has 2 aromatic carbocycles. The van der Waals surface area contributed by atoms with Gasteiger partial charge in [-0.25, -0.2) is 4.39 Å². The van der Waals surface area contributed by atoms with Crippen LogP contribution in [-0.4, -0.2) is 50.3 Å². The topological polar surface area (TPSA) is 60.0 Å². The zero-order valence-electron chi connectivity index (χ0n) is 18.4. The van der Waals surface area contributed by atoms with E-state index in [1.165, 1.54) is 12.1 Å². The molecular formula is C25H27FN2O4. The molecule has 168 valence electrons. The fourth-order valence-electron chi connectivity index (χ4n) is 4.51. The molecule has 1 atom stereocenters. The lowest BCUT2D eigenvalue weighted by Crippen LogP contribution is -2.38. The van der Waals surface area contributed by atoms with Crippen LogP contribution in [0.4, 0.5) is 10.1 Å². The number of carbonyl (C=O) groups excluding carboxylic acids is 1. The molecule has 7 heteroatoms. The molecule has 0 bridgehead atoms. The van der Waals surface area contributed by atoms with Crippen molar-refractivity contribution in [3.8, 4) is 5.75 Å². The van der Waals surface area contributed by atoms with Gasteiger partial charge in [0.25, 0.3) is 5.91 Å². The normalized spacial score (nSPS) is 24.7. The number of carbonyl (C=O) groups is 1. The van der Waals surface area contributed by atoms with Crippen LogP contribution >= 0.6 is 0 Å². The van der Waals surface area contributed by atoms with Crippen molar-refractivity contribution in [1.82, 2.24) is 4.90 Å². The second-order valence-electron chi connectivity index (χ2n) is 8.54. The minimum atomic E-state index is -0.600. The molecule has 1 N–H and O–H groups in total. The van der Waals surface area contributed by atoms with Crippen molar-refractivity contribution in [2.24, 2.45) is 0 Å². The Hall–Kier alpha value is -2.90. The van der Waals surface area contributed by atoms with Crippen LogP contribution in [0.3, 0.4) is 0 Å². The standard InChI is InChI=1S/C25H27FN2O4/c1-3-25(2)20-15-17(31-13-10-28-8-11-30-12-9-28)5-6-18(20)23(32-25)22-19-14-16(26)4-7-21(19)27-24(22)29/h4-7,14-15H,3,8-13H2,1-2H3,(H,27,29). The SMILES string of the molecule is CCC1(C)OC(=C2C(=O)Nc3ccc(F)cc32)c2ccc(OCCN3CCOCC3)cc21. The Morgan fingerprint density at radius 1 is 1.16 bits per heavy atom. The van der Waals surface area contributed by atoms with Crippen molar-refractivity contribution in [3.63, 3.8) is 0 Å². The molecule has 1 saturated heterocycles. The molecule has 0 saturated carbocycles. The van der Waals surface area contributed by atoms with E-state index in [0.717, 1.165) is 49.7 Å².